The van der Waals surface area contributed by atoms with E-state index in [1.807, 2.05) is 38.1 Å². The second-order valence-electron chi connectivity index (χ2n) is 5.83. The topological polar surface area (TPSA) is 46.6 Å². The fourth-order valence-electron chi connectivity index (χ4n) is 2.46. The van der Waals surface area contributed by atoms with Crippen LogP contribution in [0, 0.1) is 20.8 Å². The van der Waals surface area contributed by atoms with Crippen LogP contribution in [0.5, 0.6) is 5.75 Å². The fourth-order valence-corrected chi connectivity index (χ4v) is 3.91. The second-order valence-corrected chi connectivity index (χ2v) is 7.85. The SMILES string of the molecule is COc1cc(C)c(S(=O)(=O)N(C)Cc2ccc(C)cc2)cc1C. The van der Waals surface area contributed by atoms with Crippen LogP contribution < -0.4 is 4.74 Å². The lowest BCUT2D eigenvalue weighted by Crippen LogP contribution is -2.27. The van der Waals surface area contributed by atoms with Crippen LogP contribution >= 0.6 is 0 Å². The molecule has 2 aromatic rings. The van der Waals surface area contributed by atoms with Crippen LogP contribution in [0.2, 0.25) is 0 Å². The molecule has 0 aliphatic rings. The van der Waals surface area contributed by atoms with Gasteiger partial charge in [-0.2, -0.15) is 4.31 Å². The smallest absolute Gasteiger partial charge is 0.243 e. The summed E-state index contributed by atoms with van der Waals surface area (Å²) in [5.74, 6) is 0.697. The highest BCUT2D eigenvalue weighted by atomic mass is 32.2. The molecule has 0 atom stereocenters. The van der Waals surface area contributed by atoms with Gasteiger partial charge in [-0.25, -0.2) is 8.42 Å². The molecule has 0 saturated heterocycles. The number of rotatable bonds is 5. The van der Waals surface area contributed by atoms with Crippen LogP contribution in [0.1, 0.15) is 22.3 Å². The number of hydrogen-bond acceptors (Lipinski definition) is 3. The monoisotopic (exact) mass is 333 g/mol. The molecular weight excluding hydrogens is 310 g/mol. The van der Waals surface area contributed by atoms with Crippen molar-refractivity contribution >= 4 is 10.0 Å². The first kappa shape index (κ1) is 17.5. The van der Waals surface area contributed by atoms with Gasteiger partial charge in [-0.15, -0.1) is 0 Å². The van der Waals surface area contributed by atoms with Crippen molar-refractivity contribution in [3.05, 3.63) is 58.7 Å². The summed E-state index contributed by atoms with van der Waals surface area (Å²) >= 11 is 0. The Morgan fingerprint density at radius 3 is 2.17 bits per heavy atom. The molecule has 2 aromatic carbocycles. The molecule has 0 N–H and O–H groups in total. The van der Waals surface area contributed by atoms with Crippen LogP contribution in [0.25, 0.3) is 0 Å². The Morgan fingerprint density at radius 1 is 1.00 bits per heavy atom. The third-order valence-electron chi connectivity index (χ3n) is 3.91. The molecule has 0 aromatic heterocycles. The van der Waals surface area contributed by atoms with E-state index in [9.17, 15) is 8.42 Å². The number of sulfonamides is 1. The Hall–Kier alpha value is -1.85. The first-order valence-electron chi connectivity index (χ1n) is 7.43. The molecule has 0 amide bonds. The minimum absolute atomic E-state index is 0.324. The molecular formula is C18H23NO3S. The van der Waals surface area contributed by atoms with Crippen LogP contribution in [0.4, 0.5) is 0 Å². The fraction of sp³-hybridized carbons (Fsp3) is 0.333. The summed E-state index contributed by atoms with van der Waals surface area (Å²) in [6.07, 6.45) is 0. The number of benzene rings is 2. The van der Waals surface area contributed by atoms with Gasteiger partial charge in [0.25, 0.3) is 0 Å². The van der Waals surface area contributed by atoms with E-state index in [-0.39, 0.29) is 0 Å². The minimum Gasteiger partial charge on any atom is -0.496 e. The highest BCUT2D eigenvalue weighted by Gasteiger charge is 2.24. The second kappa shape index (κ2) is 6.72. The summed E-state index contributed by atoms with van der Waals surface area (Å²) < 4.78 is 32.4. The third-order valence-corrected chi connectivity index (χ3v) is 5.85. The van der Waals surface area contributed by atoms with Gasteiger partial charge in [-0.1, -0.05) is 29.8 Å². The summed E-state index contributed by atoms with van der Waals surface area (Å²) in [6.45, 7) is 5.98. The quantitative estimate of drug-likeness (QED) is 0.842. The van der Waals surface area contributed by atoms with E-state index in [1.165, 1.54) is 4.31 Å². The molecule has 23 heavy (non-hydrogen) atoms. The van der Waals surface area contributed by atoms with Crippen molar-refractivity contribution in [1.29, 1.82) is 0 Å². The van der Waals surface area contributed by atoms with Crippen molar-refractivity contribution in [3.63, 3.8) is 0 Å². The molecule has 0 spiro atoms. The Balaban J connectivity index is 2.34. The largest absolute Gasteiger partial charge is 0.496 e. The van der Waals surface area contributed by atoms with Crippen molar-refractivity contribution in [3.8, 4) is 5.75 Å². The third kappa shape index (κ3) is 3.74. The van der Waals surface area contributed by atoms with Crippen molar-refractivity contribution in [1.82, 2.24) is 4.31 Å². The molecule has 4 nitrogen and oxygen atoms in total. The zero-order chi connectivity index (χ0) is 17.2. The molecule has 0 radical (unpaired) electrons. The number of aryl methyl sites for hydroxylation is 3. The van der Waals surface area contributed by atoms with Gasteiger partial charge in [-0.05, 0) is 49.6 Å². The minimum atomic E-state index is -3.55. The maximum atomic E-state index is 12.9. The van der Waals surface area contributed by atoms with Gasteiger partial charge in [0.1, 0.15) is 5.75 Å². The van der Waals surface area contributed by atoms with Crippen LogP contribution in [-0.2, 0) is 16.6 Å². The van der Waals surface area contributed by atoms with E-state index in [1.54, 1.807) is 33.2 Å². The zero-order valence-electron chi connectivity index (χ0n) is 14.3. The van der Waals surface area contributed by atoms with E-state index >= 15 is 0 Å². The van der Waals surface area contributed by atoms with Crippen molar-refractivity contribution in [2.75, 3.05) is 14.2 Å². The van der Waals surface area contributed by atoms with Gasteiger partial charge in [0.15, 0.2) is 0 Å². The van der Waals surface area contributed by atoms with E-state index in [2.05, 4.69) is 0 Å². The van der Waals surface area contributed by atoms with Gasteiger partial charge in [0, 0.05) is 13.6 Å². The normalized spacial score (nSPS) is 11.7. The molecule has 5 heteroatoms. The Bertz CT molecular complexity index is 796. The molecule has 0 aliphatic carbocycles. The molecule has 124 valence electrons. The first-order chi connectivity index (χ1) is 10.8. The highest BCUT2D eigenvalue weighted by molar-refractivity contribution is 7.89. The average molecular weight is 333 g/mol. The maximum Gasteiger partial charge on any atom is 0.243 e. The number of methoxy groups -OCH3 is 1. The Kier molecular flexibility index (Phi) is 5.12. The van der Waals surface area contributed by atoms with E-state index in [0.717, 1.165) is 16.7 Å². The zero-order valence-corrected chi connectivity index (χ0v) is 15.1. The summed E-state index contributed by atoms with van der Waals surface area (Å²) in [4.78, 5) is 0.324. The van der Waals surface area contributed by atoms with Gasteiger partial charge in [0.2, 0.25) is 10.0 Å². The number of ether oxygens (including phenoxy) is 1. The molecule has 0 saturated carbocycles. The lowest BCUT2D eigenvalue weighted by molar-refractivity contribution is 0.410. The van der Waals surface area contributed by atoms with Crippen LogP contribution in [0.15, 0.2) is 41.3 Å². The van der Waals surface area contributed by atoms with Gasteiger partial charge in [0.05, 0.1) is 12.0 Å². The van der Waals surface area contributed by atoms with E-state index in [0.29, 0.717) is 22.8 Å². The number of nitrogens with zero attached hydrogens (tertiary/aromatic N) is 1. The van der Waals surface area contributed by atoms with Gasteiger partial charge in [-0.3, -0.25) is 0 Å². The molecule has 0 fully saturated rings. The Labute approximate surface area is 138 Å². The van der Waals surface area contributed by atoms with Gasteiger partial charge < -0.3 is 4.74 Å². The predicted molar refractivity (Wildman–Crippen MR) is 92.3 cm³/mol. The lowest BCUT2D eigenvalue weighted by atomic mass is 10.1. The average Bonchev–Trinajstić information content (AvgIpc) is 2.51. The van der Waals surface area contributed by atoms with Gasteiger partial charge >= 0.3 is 0 Å². The summed E-state index contributed by atoms with van der Waals surface area (Å²) in [5, 5.41) is 0. The molecule has 2 rings (SSSR count). The van der Waals surface area contributed by atoms with Crippen LogP contribution in [-0.4, -0.2) is 26.9 Å². The molecule has 0 bridgehead atoms. The Morgan fingerprint density at radius 2 is 1.61 bits per heavy atom. The highest BCUT2D eigenvalue weighted by Crippen LogP contribution is 2.27. The van der Waals surface area contributed by atoms with Crippen molar-refractivity contribution in [2.45, 2.75) is 32.2 Å². The first-order valence-corrected chi connectivity index (χ1v) is 8.87. The molecule has 0 aliphatic heterocycles. The predicted octanol–water partition coefficient (Wildman–Crippen LogP) is 3.44. The molecule has 0 heterocycles. The van der Waals surface area contributed by atoms with Crippen LogP contribution in [0.3, 0.4) is 0 Å². The summed E-state index contributed by atoms with van der Waals surface area (Å²) in [6, 6.07) is 11.3. The van der Waals surface area contributed by atoms with E-state index < -0.39 is 10.0 Å². The van der Waals surface area contributed by atoms with E-state index in [4.69, 9.17) is 4.74 Å². The maximum absolute atomic E-state index is 12.9. The number of hydrogen-bond donors (Lipinski definition) is 0. The standard InChI is InChI=1S/C18H23NO3S/c1-13-6-8-16(9-7-13)12-19(4)23(20,21)18-11-14(2)17(22-5)10-15(18)3/h6-11H,12H2,1-5H3. The van der Waals surface area contributed by atoms with Crippen molar-refractivity contribution < 1.29 is 13.2 Å². The lowest BCUT2D eigenvalue weighted by Gasteiger charge is -2.20. The molecule has 0 unspecified atom stereocenters. The summed E-state index contributed by atoms with van der Waals surface area (Å²) in [5.41, 5.74) is 3.61. The summed E-state index contributed by atoms with van der Waals surface area (Å²) in [7, 11) is -0.360. The van der Waals surface area contributed by atoms with Crippen molar-refractivity contribution in [2.24, 2.45) is 0 Å².